The van der Waals surface area contributed by atoms with Crippen molar-refractivity contribution in [2.24, 2.45) is 0 Å². The van der Waals surface area contributed by atoms with E-state index in [1.165, 1.54) is 0 Å². The van der Waals surface area contributed by atoms with Crippen molar-refractivity contribution in [3.63, 3.8) is 0 Å². The van der Waals surface area contributed by atoms with Gasteiger partial charge in [0.25, 0.3) is 0 Å². The van der Waals surface area contributed by atoms with E-state index in [1.54, 1.807) is 43.6 Å². The Morgan fingerprint density at radius 2 is 2.14 bits per heavy atom. The average molecular weight is 604 g/mol. The molecule has 190 valence electrons. The number of halogens is 1. The molecule has 0 bridgehead atoms. The number of phosphoric acid groups is 1. The van der Waals surface area contributed by atoms with Gasteiger partial charge in [0, 0.05) is 45.6 Å². The van der Waals surface area contributed by atoms with Crippen molar-refractivity contribution in [3.8, 4) is 0 Å². The number of benzene rings is 1. The largest absolute Gasteiger partial charge is 0.469 e. The van der Waals surface area contributed by atoms with Gasteiger partial charge in [-0.25, -0.2) is 14.5 Å². The molecular formula is C22H28BrN4O5PS2. The van der Waals surface area contributed by atoms with Gasteiger partial charge >= 0.3 is 7.82 Å². The zero-order chi connectivity index (χ0) is 25.6. The van der Waals surface area contributed by atoms with Gasteiger partial charge in [-0.2, -0.15) is 11.8 Å². The normalized spacial score (nSPS) is 19.2. The van der Waals surface area contributed by atoms with E-state index < -0.39 is 12.6 Å². The van der Waals surface area contributed by atoms with Crippen LogP contribution in [0, 0.1) is 6.92 Å². The topological polar surface area (TPSA) is 148 Å². The van der Waals surface area contributed by atoms with Crippen LogP contribution in [0.15, 0.2) is 46.1 Å². The summed E-state index contributed by atoms with van der Waals surface area (Å²) in [5, 5.41) is 2.89. The van der Waals surface area contributed by atoms with Crippen LogP contribution in [0.25, 0.3) is 0 Å². The van der Waals surface area contributed by atoms with Crippen LogP contribution in [-0.4, -0.2) is 49.5 Å². The molecule has 1 atom stereocenters. The van der Waals surface area contributed by atoms with Crippen LogP contribution in [0.1, 0.15) is 30.3 Å². The number of anilines is 1. The van der Waals surface area contributed by atoms with Crippen molar-refractivity contribution in [2.75, 3.05) is 29.6 Å². The minimum atomic E-state index is -4.65. The fraction of sp³-hybridized carbons (Fsp3) is 0.409. The van der Waals surface area contributed by atoms with Crippen LogP contribution in [-0.2, 0) is 25.2 Å². The van der Waals surface area contributed by atoms with E-state index in [1.807, 2.05) is 24.3 Å². The second-order valence-electron chi connectivity index (χ2n) is 7.93. The number of nitrogens with zero attached hydrogens (tertiary/aromatic N) is 2. The minimum absolute atomic E-state index is 0.153. The quantitative estimate of drug-likeness (QED) is 0.246. The van der Waals surface area contributed by atoms with Crippen LogP contribution in [0.4, 0.5) is 5.82 Å². The summed E-state index contributed by atoms with van der Waals surface area (Å²) in [6.45, 7) is 3.40. The van der Waals surface area contributed by atoms with Crippen LogP contribution < -0.4 is 11.1 Å². The maximum Gasteiger partial charge on any atom is 0.469 e. The first-order chi connectivity index (χ1) is 16.5. The van der Waals surface area contributed by atoms with E-state index in [4.69, 9.17) is 10.3 Å². The van der Waals surface area contributed by atoms with E-state index in [-0.39, 0.29) is 25.5 Å². The highest BCUT2D eigenvalue weighted by atomic mass is 79.9. The average Bonchev–Trinajstić information content (AvgIpc) is 2.80. The Morgan fingerprint density at radius 3 is 2.77 bits per heavy atom. The minimum Gasteiger partial charge on any atom is -0.383 e. The summed E-state index contributed by atoms with van der Waals surface area (Å²) >= 11 is 7.06. The number of amides is 1. The number of aromatic nitrogens is 2. The van der Waals surface area contributed by atoms with E-state index in [9.17, 15) is 19.1 Å². The van der Waals surface area contributed by atoms with Crippen molar-refractivity contribution in [1.82, 2.24) is 15.3 Å². The molecule has 0 aliphatic carbocycles. The number of aryl methyl sites for hydroxylation is 1. The second-order valence-corrected chi connectivity index (χ2v) is 12.6. The molecule has 0 spiro atoms. The molecule has 1 aromatic heterocycles. The Balaban J connectivity index is 1.98. The van der Waals surface area contributed by atoms with Gasteiger partial charge in [-0.1, -0.05) is 28.1 Å². The summed E-state index contributed by atoms with van der Waals surface area (Å²) < 4.78 is 16.5. The predicted octanol–water partition coefficient (Wildman–Crippen LogP) is 3.94. The molecule has 1 aliphatic rings. The molecule has 2 heterocycles. The second kappa shape index (κ2) is 12.2. The Morgan fingerprint density at radius 1 is 1.37 bits per heavy atom. The van der Waals surface area contributed by atoms with Crippen LogP contribution >= 0.6 is 47.3 Å². The van der Waals surface area contributed by atoms with E-state index in [0.29, 0.717) is 28.5 Å². The first-order valence-electron chi connectivity index (χ1n) is 10.8. The third kappa shape index (κ3) is 7.55. The zero-order valence-electron chi connectivity index (χ0n) is 19.4. The molecule has 1 aliphatic heterocycles. The summed E-state index contributed by atoms with van der Waals surface area (Å²) in [7, 11) is -4.65. The molecule has 1 aromatic carbocycles. The SMILES string of the molecule is C/C(C(=O)NCc1cnc(C)nc1N)=C(\CCOP(=O)(O)O)C1(c2cccc(Br)c2)CSCCS1. The number of phosphoric ester groups is 1. The number of carbonyl (C=O) groups excluding carboxylic acids is 1. The van der Waals surface area contributed by atoms with Crippen LogP contribution in [0.3, 0.4) is 0 Å². The summed E-state index contributed by atoms with van der Waals surface area (Å²) in [4.78, 5) is 40.0. The third-order valence-corrected chi connectivity index (χ3v) is 9.63. The molecule has 3 rings (SSSR count). The Bertz CT molecular complexity index is 1150. The number of thioether (sulfide) groups is 2. The fourth-order valence-electron chi connectivity index (χ4n) is 3.84. The standard InChI is InChI=1S/C22H28BrN4O5PS2/c1-14(21(28)26-12-16-11-25-15(2)27-20(16)24)19(6-7-32-33(29,30)31)22(13-34-8-9-35-22)17-4-3-5-18(23)10-17/h3-5,10-11H,6-9,12-13H2,1-2H3,(H,26,28)(H2,24,25,27)(H2,29,30,31)/b19-14-. The first-order valence-corrected chi connectivity index (χ1v) is 15.2. The zero-order valence-corrected chi connectivity index (χ0v) is 23.5. The van der Waals surface area contributed by atoms with Crippen LogP contribution in [0.2, 0.25) is 0 Å². The molecule has 35 heavy (non-hydrogen) atoms. The van der Waals surface area contributed by atoms with Crippen molar-refractivity contribution >= 4 is 59.0 Å². The molecule has 0 radical (unpaired) electrons. The maximum absolute atomic E-state index is 13.3. The maximum atomic E-state index is 13.3. The first kappa shape index (κ1) is 28.2. The predicted molar refractivity (Wildman–Crippen MR) is 144 cm³/mol. The molecule has 1 fully saturated rings. The van der Waals surface area contributed by atoms with Gasteiger partial charge in [0.05, 0.1) is 11.4 Å². The summed E-state index contributed by atoms with van der Waals surface area (Å²) in [6.07, 6.45) is 1.77. The molecule has 2 aromatic rings. The Hall–Kier alpha value is -1.40. The number of hydrogen-bond donors (Lipinski definition) is 4. The van der Waals surface area contributed by atoms with Gasteiger partial charge in [-0.05, 0) is 43.5 Å². The Labute approximate surface area is 221 Å². The third-order valence-electron chi connectivity index (χ3n) is 5.52. The van der Waals surface area contributed by atoms with Gasteiger partial charge in [0.1, 0.15) is 11.6 Å². The van der Waals surface area contributed by atoms with Gasteiger partial charge in [0.15, 0.2) is 0 Å². The molecule has 5 N–H and O–H groups in total. The number of carbonyl (C=O) groups is 1. The molecule has 1 amide bonds. The number of rotatable bonds is 9. The Kier molecular flexibility index (Phi) is 9.84. The summed E-state index contributed by atoms with van der Waals surface area (Å²) in [5.41, 5.74) is 8.82. The lowest BCUT2D eigenvalue weighted by atomic mass is 9.86. The van der Waals surface area contributed by atoms with Crippen molar-refractivity contribution in [1.29, 1.82) is 0 Å². The van der Waals surface area contributed by atoms with Crippen molar-refractivity contribution in [2.45, 2.75) is 31.6 Å². The van der Waals surface area contributed by atoms with Gasteiger partial charge in [0.2, 0.25) is 5.91 Å². The van der Waals surface area contributed by atoms with Crippen molar-refractivity contribution < 1.29 is 23.7 Å². The van der Waals surface area contributed by atoms with Gasteiger partial charge < -0.3 is 20.8 Å². The lowest BCUT2D eigenvalue weighted by Gasteiger charge is -2.40. The molecule has 1 saturated heterocycles. The number of nitrogens with two attached hydrogens (primary N) is 1. The monoisotopic (exact) mass is 602 g/mol. The van der Waals surface area contributed by atoms with E-state index >= 15 is 0 Å². The lowest BCUT2D eigenvalue weighted by Crippen LogP contribution is -2.36. The lowest BCUT2D eigenvalue weighted by molar-refractivity contribution is -0.117. The highest BCUT2D eigenvalue weighted by molar-refractivity contribution is 9.10. The molecular weight excluding hydrogens is 575 g/mol. The molecule has 0 saturated carbocycles. The van der Waals surface area contributed by atoms with Gasteiger partial charge in [-0.3, -0.25) is 9.32 Å². The number of nitrogen functional groups attached to an aromatic ring is 1. The molecule has 1 unspecified atom stereocenters. The highest BCUT2D eigenvalue weighted by Crippen LogP contribution is 2.51. The highest BCUT2D eigenvalue weighted by Gasteiger charge is 2.41. The number of hydrogen-bond acceptors (Lipinski definition) is 8. The fourth-order valence-corrected chi connectivity index (χ4v) is 7.80. The summed E-state index contributed by atoms with van der Waals surface area (Å²) in [5.74, 6) is 3.10. The molecule has 13 heteroatoms. The van der Waals surface area contributed by atoms with E-state index in [0.717, 1.165) is 27.1 Å². The molecule has 9 nitrogen and oxygen atoms in total. The number of nitrogens with one attached hydrogen (secondary N) is 1. The summed E-state index contributed by atoms with van der Waals surface area (Å²) in [6, 6.07) is 7.92. The van der Waals surface area contributed by atoms with Crippen LogP contribution in [0.5, 0.6) is 0 Å². The smallest absolute Gasteiger partial charge is 0.383 e. The van der Waals surface area contributed by atoms with Crippen molar-refractivity contribution in [3.05, 3.63) is 63.0 Å². The van der Waals surface area contributed by atoms with E-state index in [2.05, 4.69) is 31.2 Å². The van der Waals surface area contributed by atoms with Gasteiger partial charge in [-0.15, -0.1) is 11.8 Å².